The van der Waals surface area contributed by atoms with Gasteiger partial charge >= 0.3 is 5.97 Å². The van der Waals surface area contributed by atoms with Crippen LogP contribution in [0.2, 0.25) is 0 Å². The van der Waals surface area contributed by atoms with Gasteiger partial charge in [0.05, 0.1) is 14.2 Å². The Kier molecular flexibility index (Phi) is 3.76. The Labute approximate surface area is 91.2 Å². The lowest BCUT2D eigenvalue weighted by molar-refractivity contribution is 0.0591. The molecular weight excluding hydrogens is 220 g/mol. The number of rotatable bonds is 3. The molecule has 0 radical (unpaired) electrons. The van der Waals surface area contributed by atoms with Crippen LogP contribution in [-0.4, -0.2) is 25.2 Å². The van der Waals surface area contributed by atoms with Crippen molar-refractivity contribution in [3.05, 3.63) is 22.9 Å². The molecule has 1 heterocycles. The van der Waals surface area contributed by atoms with Gasteiger partial charge in [0.15, 0.2) is 5.69 Å². The number of alkyl halides is 2. The first-order valence-corrected chi connectivity index (χ1v) is 4.43. The fraction of sp³-hybridized carbons (Fsp3) is 0.400. The Hall–Kier alpha value is -1.72. The maximum Gasteiger partial charge on any atom is 0.357 e. The lowest BCUT2D eigenvalue weighted by Gasteiger charge is -2.10. The van der Waals surface area contributed by atoms with Crippen molar-refractivity contribution in [2.24, 2.45) is 0 Å². The van der Waals surface area contributed by atoms with E-state index in [1.807, 2.05) is 0 Å². The molecule has 0 unspecified atom stereocenters. The van der Waals surface area contributed by atoms with Gasteiger partial charge in [0, 0.05) is 11.6 Å². The first-order valence-electron chi connectivity index (χ1n) is 4.43. The number of nitrogens with zero attached hydrogens (tertiary/aromatic N) is 1. The molecule has 0 aliphatic heterocycles. The summed E-state index contributed by atoms with van der Waals surface area (Å²) in [4.78, 5) is 15.1. The van der Waals surface area contributed by atoms with Crippen LogP contribution in [0.5, 0.6) is 5.88 Å². The maximum atomic E-state index is 12.7. The Bertz CT molecular complexity index is 407. The number of halogens is 2. The van der Waals surface area contributed by atoms with E-state index in [0.717, 1.165) is 13.2 Å². The number of ether oxygens (including phenoxy) is 2. The molecule has 0 aromatic carbocycles. The van der Waals surface area contributed by atoms with Crippen molar-refractivity contribution >= 4 is 5.97 Å². The van der Waals surface area contributed by atoms with Crippen LogP contribution in [0, 0.1) is 6.92 Å². The molecule has 88 valence electrons. The zero-order valence-electron chi connectivity index (χ0n) is 9.08. The van der Waals surface area contributed by atoms with E-state index in [1.165, 1.54) is 14.0 Å². The van der Waals surface area contributed by atoms with Gasteiger partial charge in [-0.1, -0.05) is 0 Å². The van der Waals surface area contributed by atoms with Crippen LogP contribution in [-0.2, 0) is 4.74 Å². The number of esters is 1. The lowest BCUT2D eigenvalue weighted by Crippen LogP contribution is -2.10. The summed E-state index contributed by atoms with van der Waals surface area (Å²) in [5, 5.41) is 0. The van der Waals surface area contributed by atoms with Crippen LogP contribution in [0.15, 0.2) is 6.07 Å². The summed E-state index contributed by atoms with van der Waals surface area (Å²) in [7, 11) is 2.44. The van der Waals surface area contributed by atoms with E-state index in [0.29, 0.717) is 0 Å². The number of carbonyl (C=O) groups is 1. The molecule has 0 amide bonds. The van der Waals surface area contributed by atoms with Crippen LogP contribution in [0.3, 0.4) is 0 Å². The first kappa shape index (κ1) is 12.4. The van der Waals surface area contributed by atoms with E-state index in [4.69, 9.17) is 4.74 Å². The van der Waals surface area contributed by atoms with Crippen molar-refractivity contribution in [1.29, 1.82) is 0 Å². The highest BCUT2D eigenvalue weighted by Gasteiger charge is 2.21. The van der Waals surface area contributed by atoms with Crippen LogP contribution in [0.4, 0.5) is 8.78 Å². The molecule has 0 N–H and O–H groups in total. The van der Waals surface area contributed by atoms with Gasteiger partial charge in [0.2, 0.25) is 5.88 Å². The second kappa shape index (κ2) is 4.87. The molecule has 0 saturated carbocycles. The van der Waals surface area contributed by atoms with Gasteiger partial charge in [-0.3, -0.25) is 0 Å². The van der Waals surface area contributed by atoms with Crippen molar-refractivity contribution in [3.63, 3.8) is 0 Å². The Morgan fingerprint density at radius 3 is 2.50 bits per heavy atom. The van der Waals surface area contributed by atoms with Gasteiger partial charge in [-0.15, -0.1) is 0 Å². The Morgan fingerprint density at radius 1 is 1.44 bits per heavy atom. The highest BCUT2D eigenvalue weighted by molar-refractivity contribution is 5.89. The molecular formula is C10H11F2NO3. The highest BCUT2D eigenvalue weighted by atomic mass is 19.3. The molecule has 16 heavy (non-hydrogen) atoms. The first-order chi connectivity index (χ1) is 7.51. The predicted molar refractivity (Wildman–Crippen MR) is 51.8 cm³/mol. The number of methoxy groups -OCH3 is 2. The summed E-state index contributed by atoms with van der Waals surface area (Å²) >= 11 is 0. The van der Waals surface area contributed by atoms with Gasteiger partial charge in [0.25, 0.3) is 6.43 Å². The SMILES string of the molecule is COC(=O)c1nc(OC)cc(C(F)F)c1C. The standard InChI is InChI=1S/C10H11F2NO3/c1-5-6(9(11)12)4-7(15-2)13-8(5)10(14)16-3/h4,9H,1-3H3. The lowest BCUT2D eigenvalue weighted by atomic mass is 10.1. The van der Waals surface area contributed by atoms with Crippen LogP contribution in [0.25, 0.3) is 0 Å². The zero-order valence-corrected chi connectivity index (χ0v) is 9.08. The van der Waals surface area contributed by atoms with Crippen LogP contribution >= 0.6 is 0 Å². The van der Waals surface area contributed by atoms with Gasteiger partial charge in [0.1, 0.15) is 0 Å². The third-order valence-corrected chi connectivity index (χ3v) is 2.11. The Morgan fingerprint density at radius 2 is 2.06 bits per heavy atom. The number of hydrogen-bond donors (Lipinski definition) is 0. The van der Waals surface area contributed by atoms with E-state index < -0.39 is 12.4 Å². The second-order valence-electron chi connectivity index (χ2n) is 3.02. The van der Waals surface area contributed by atoms with Gasteiger partial charge in [-0.25, -0.2) is 18.6 Å². The number of pyridine rings is 1. The van der Waals surface area contributed by atoms with Gasteiger partial charge in [-0.2, -0.15) is 0 Å². The van der Waals surface area contributed by atoms with Gasteiger partial charge < -0.3 is 9.47 Å². The average Bonchev–Trinajstić information content (AvgIpc) is 2.28. The molecule has 6 heteroatoms. The summed E-state index contributed by atoms with van der Waals surface area (Å²) < 4.78 is 34.5. The van der Waals surface area contributed by atoms with Crippen molar-refractivity contribution in [2.45, 2.75) is 13.3 Å². The third kappa shape index (κ3) is 2.26. The van der Waals surface area contributed by atoms with Gasteiger partial charge in [-0.05, 0) is 12.5 Å². The van der Waals surface area contributed by atoms with E-state index in [-0.39, 0.29) is 22.7 Å². The summed E-state index contributed by atoms with van der Waals surface area (Å²) in [6.07, 6.45) is -2.69. The molecule has 0 fully saturated rings. The maximum absolute atomic E-state index is 12.7. The molecule has 0 atom stereocenters. The molecule has 1 rings (SSSR count). The minimum Gasteiger partial charge on any atom is -0.481 e. The summed E-state index contributed by atoms with van der Waals surface area (Å²) in [5.41, 5.74) is -0.341. The van der Waals surface area contributed by atoms with Crippen molar-refractivity contribution in [3.8, 4) is 5.88 Å². The summed E-state index contributed by atoms with van der Waals surface area (Å²) in [6, 6.07) is 1.10. The average molecular weight is 231 g/mol. The molecule has 1 aromatic rings. The molecule has 0 spiro atoms. The normalized spacial score (nSPS) is 10.4. The third-order valence-electron chi connectivity index (χ3n) is 2.11. The van der Waals surface area contributed by atoms with E-state index in [9.17, 15) is 13.6 Å². The quantitative estimate of drug-likeness (QED) is 0.747. The largest absolute Gasteiger partial charge is 0.481 e. The fourth-order valence-corrected chi connectivity index (χ4v) is 1.23. The molecule has 0 saturated heterocycles. The van der Waals surface area contributed by atoms with Crippen LogP contribution < -0.4 is 4.74 Å². The van der Waals surface area contributed by atoms with E-state index in [2.05, 4.69) is 9.72 Å². The molecule has 4 nitrogen and oxygen atoms in total. The van der Waals surface area contributed by atoms with Crippen molar-refractivity contribution in [1.82, 2.24) is 4.98 Å². The summed E-state index contributed by atoms with van der Waals surface area (Å²) in [6.45, 7) is 1.39. The number of hydrogen-bond acceptors (Lipinski definition) is 4. The molecule has 0 bridgehead atoms. The minimum atomic E-state index is -2.69. The molecule has 0 aliphatic carbocycles. The van der Waals surface area contributed by atoms with Crippen LogP contribution in [0.1, 0.15) is 28.0 Å². The zero-order chi connectivity index (χ0) is 12.3. The number of aromatic nitrogens is 1. The number of carbonyl (C=O) groups excluding carboxylic acids is 1. The smallest absolute Gasteiger partial charge is 0.357 e. The summed E-state index contributed by atoms with van der Waals surface area (Å²) in [5.74, 6) is -0.806. The van der Waals surface area contributed by atoms with Crippen molar-refractivity contribution < 1.29 is 23.0 Å². The minimum absolute atomic E-state index is 0.0405. The fourth-order valence-electron chi connectivity index (χ4n) is 1.23. The Balaban J connectivity index is 3.37. The topological polar surface area (TPSA) is 48.4 Å². The highest BCUT2D eigenvalue weighted by Crippen LogP contribution is 2.27. The second-order valence-corrected chi connectivity index (χ2v) is 3.02. The molecule has 0 aliphatic rings. The molecule has 1 aromatic heterocycles. The van der Waals surface area contributed by atoms with E-state index in [1.54, 1.807) is 0 Å². The monoisotopic (exact) mass is 231 g/mol. The van der Waals surface area contributed by atoms with Crippen molar-refractivity contribution in [2.75, 3.05) is 14.2 Å². The predicted octanol–water partition coefficient (Wildman–Crippen LogP) is 2.12. The van der Waals surface area contributed by atoms with E-state index >= 15 is 0 Å².